The molecule has 0 fully saturated rings. The summed E-state index contributed by atoms with van der Waals surface area (Å²) in [5.41, 5.74) is 5.83. The number of ether oxygens (including phenoxy) is 1. The molecular weight excluding hydrogens is 398 g/mol. The Morgan fingerprint density at radius 1 is 1.03 bits per heavy atom. The first-order chi connectivity index (χ1) is 13.7. The van der Waals surface area contributed by atoms with Gasteiger partial charge in [0.2, 0.25) is 15.9 Å². The minimum Gasteiger partial charge on any atom is -0.452 e. The predicted molar refractivity (Wildman–Crippen MR) is 105 cm³/mol. The Kier molecular flexibility index (Phi) is 7.46. The molecule has 0 heterocycles. The quantitative estimate of drug-likeness (QED) is 0.518. The topological polar surface area (TPSA) is 145 Å². The zero-order valence-electron chi connectivity index (χ0n) is 15.6. The highest BCUT2D eigenvalue weighted by Crippen LogP contribution is 2.11. The third-order valence-corrected chi connectivity index (χ3v) is 5.27. The molecule has 4 N–H and O–H groups in total. The lowest BCUT2D eigenvalue weighted by Crippen LogP contribution is -2.32. The molecule has 2 rings (SSSR count). The monoisotopic (exact) mass is 419 g/mol. The summed E-state index contributed by atoms with van der Waals surface area (Å²) in [5.74, 6) is -1.89. The van der Waals surface area contributed by atoms with Crippen LogP contribution in [-0.4, -0.2) is 38.9 Å². The van der Waals surface area contributed by atoms with Gasteiger partial charge in [-0.2, -0.15) is 0 Å². The molecule has 1 atom stereocenters. The fraction of sp³-hybridized carbons (Fsp3) is 0.211. The van der Waals surface area contributed by atoms with Crippen LogP contribution < -0.4 is 15.8 Å². The molecule has 9 nitrogen and oxygen atoms in total. The molecule has 0 radical (unpaired) electrons. The number of amides is 2. The third-order valence-electron chi connectivity index (χ3n) is 3.79. The highest BCUT2D eigenvalue weighted by molar-refractivity contribution is 7.89. The van der Waals surface area contributed by atoms with Gasteiger partial charge in [-0.1, -0.05) is 18.2 Å². The first-order valence-corrected chi connectivity index (χ1v) is 10.1. The molecule has 10 heteroatoms. The lowest BCUT2D eigenvalue weighted by molar-refractivity contribution is -0.152. The number of nitrogens with two attached hydrogens (primary N) is 1. The second-order valence-corrected chi connectivity index (χ2v) is 7.79. The molecule has 0 aliphatic heterocycles. The molecule has 0 aliphatic carbocycles. The van der Waals surface area contributed by atoms with Gasteiger partial charge < -0.3 is 15.8 Å². The molecule has 2 amide bonds. The van der Waals surface area contributed by atoms with E-state index in [1.54, 1.807) is 18.2 Å². The van der Waals surface area contributed by atoms with Crippen LogP contribution in [0.5, 0.6) is 0 Å². The van der Waals surface area contributed by atoms with E-state index >= 15 is 0 Å². The molecule has 0 bridgehead atoms. The van der Waals surface area contributed by atoms with Crippen LogP contribution in [0.3, 0.4) is 0 Å². The normalized spacial score (nSPS) is 12.0. The highest BCUT2D eigenvalue weighted by atomic mass is 32.2. The van der Waals surface area contributed by atoms with Crippen LogP contribution in [0.4, 0.5) is 5.69 Å². The van der Waals surface area contributed by atoms with E-state index in [1.165, 1.54) is 43.3 Å². The van der Waals surface area contributed by atoms with Gasteiger partial charge in [0.1, 0.15) is 0 Å². The molecule has 0 saturated carbocycles. The Morgan fingerprint density at radius 3 is 2.24 bits per heavy atom. The van der Waals surface area contributed by atoms with E-state index in [2.05, 4.69) is 10.0 Å². The minimum atomic E-state index is -3.72. The molecule has 154 valence electrons. The summed E-state index contributed by atoms with van der Waals surface area (Å²) in [5, 5.41) is 2.54. The van der Waals surface area contributed by atoms with Gasteiger partial charge in [-0.15, -0.1) is 0 Å². The number of benzene rings is 2. The Hall–Kier alpha value is -3.24. The Morgan fingerprint density at radius 2 is 1.66 bits per heavy atom. The third kappa shape index (κ3) is 6.70. The molecule has 0 spiro atoms. The van der Waals surface area contributed by atoms with Gasteiger partial charge >= 0.3 is 5.97 Å². The van der Waals surface area contributed by atoms with Crippen LogP contribution >= 0.6 is 0 Å². The Balaban J connectivity index is 1.79. The molecule has 29 heavy (non-hydrogen) atoms. The van der Waals surface area contributed by atoms with Crippen molar-refractivity contribution < 1.29 is 27.5 Å². The lowest BCUT2D eigenvalue weighted by atomic mass is 10.2. The second-order valence-electron chi connectivity index (χ2n) is 6.02. The van der Waals surface area contributed by atoms with Gasteiger partial charge in [-0.3, -0.25) is 14.4 Å². The van der Waals surface area contributed by atoms with Crippen molar-refractivity contribution in [2.75, 3.05) is 11.9 Å². The number of carbonyl (C=O) groups is 3. The number of hydrogen-bond acceptors (Lipinski definition) is 6. The SMILES string of the molecule is C[C@@H](OC(=O)CCNS(=O)(=O)c1ccccc1)C(=O)Nc1ccc(C(N)=O)cc1. The van der Waals surface area contributed by atoms with Gasteiger partial charge in [-0.25, -0.2) is 13.1 Å². The van der Waals surface area contributed by atoms with E-state index in [-0.39, 0.29) is 17.9 Å². The number of nitrogens with one attached hydrogen (secondary N) is 2. The molecular formula is C19H21N3O6S. The van der Waals surface area contributed by atoms with Gasteiger partial charge in [-0.05, 0) is 43.3 Å². The molecule has 0 aliphatic rings. The van der Waals surface area contributed by atoms with Gasteiger partial charge in [0.25, 0.3) is 5.91 Å². The largest absolute Gasteiger partial charge is 0.452 e. The van der Waals surface area contributed by atoms with Gasteiger partial charge in [0.15, 0.2) is 6.10 Å². The van der Waals surface area contributed by atoms with Gasteiger partial charge in [0.05, 0.1) is 11.3 Å². The average Bonchev–Trinajstić information content (AvgIpc) is 2.68. The van der Waals surface area contributed by atoms with Crippen LogP contribution in [-0.2, 0) is 24.3 Å². The smallest absolute Gasteiger partial charge is 0.307 e. The lowest BCUT2D eigenvalue weighted by Gasteiger charge is -2.14. The van der Waals surface area contributed by atoms with E-state index in [0.717, 1.165) is 0 Å². The number of esters is 1. The summed E-state index contributed by atoms with van der Waals surface area (Å²) < 4.78 is 31.4. The van der Waals surface area contributed by atoms with Crippen molar-refractivity contribution in [3.8, 4) is 0 Å². The number of sulfonamides is 1. The second kappa shape index (κ2) is 9.80. The fourth-order valence-corrected chi connectivity index (χ4v) is 3.29. The number of hydrogen-bond donors (Lipinski definition) is 3. The van der Waals surface area contributed by atoms with Crippen molar-refractivity contribution in [3.05, 3.63) is 60.2 Å². The molecule has 2 aromatic rings. The van der Waals surface area contributed by atoms with Crippen molar-refractivity contribution in [3.63, 3.8) is 0 Å². The number of rotatable bonds is 9. The number of primary amides is 1. The summed E-state index contributed by atoms with van der Waals surface area (Å²) >= 11 is 0. The molecule has 0 aromatic heterocycles. The van der Waals surface area contributed by atoms with E-state index in [0.29, 0.717) is 11.3 Å². The molecule has 0 saturated heterocycles. The maximum absolute atomic E-state index is 12.1. The van der Waals surface area contributed by atoms with Crippen molar-refractivity contribution in [2.24, 2.45) is 5.73 Å². The Bertz CT molecular complexity index is 975. The van der Waals surface area contributed by atoms with E-state index in [9.17, 15) is 22.8 Å². The standard InChI is InChI=1S/C19H21N3O6S/c1-13(19(25)22-15-9-7-14(8-10-15)18(20)24)28-17(23)11-12-21-29(26,27)16-5-3-2-4-6-16/h2-10,13,21H,11-12H2,1H3,(H2,20,24)(H,22,25)/t13-/m1/s1. The summed E-state index contributed by atoms with van der Waals surface area (Å²) in [6.45, 7) is 1.22. The molecule has 2 aromatic carbocycles. The van der Waals surface area contributed by atoms with E-state index in [1.807, 2.05) is 0 Å². The minimum absolute atomic E-state index is 0.0865. The summed E-state index contributed by atoms with van der Waals surface area (Å²) in [6, 6.07) is 13.6. The van der Waals surface area contributed by atoms with Gasteiger partial charge in [0, 0.05) is 17.8 Å². The number of anilines is 1. The fourth-order valence-electron chi connectivity index (χ4n) is 2.24. The highest BCUT2D eigenvalue weighted by Gasteiger charge is 2.19. The van der Waals surface area contributed by atoms with Crippen LogP contribution in [0.15, 0.2) is 59.5 Å². The van der Waals surface area contributed by atoms with Crippen molar-refractivity contribution >= 4 is 33.5 Å². The van der Waals surface area contributed by atoms with Crippen molar-refractivity contribution in [2.45, 2.75) is 24.3 Å². The predicted octanol–water partition coefficient (Wildman–Crippen LogP) is 1.02. The maximum Gasteiger partial charge on any atom is 0.307 e. The summed E-state index contributed by atoms with van der Waals surface area (Å²) in [7, 11) is -3.72. The van der Waals surface area contributed by atoms with E-state index < -0.39 is 33.9 Å². The maximum atomic E-state index is 12.1. The average molecular weight is 419 g/mol. The van der Waals surface area contributed by atoms with Crippen molar-refractivity contribution in [1.29, 1.82) is 0 Å². The van der Waals surface area contributed by atoms with Crippen LogP contribution in [0.2, 0.25) is 0 Å². The Labute approximate surface area is 168 Å². The van der Waals surface area contributed by atoms with Crippen molar-refractivity contribution in [1.82, 2.24) is 4.72 Å². The zero-order chi connectivity index (χ0) is 21.4. The van der Waals surface area contributed by atoms with Crippen LogP contribution in [0.1, 0.15) is 23.7 Å². The van der Waals surface area contributed by atoms with E-state index in [4.69, 9.17) is 10.5 Å². The summed E-state index contributed by atoms with van der Waals surface area (Å²) in [6.07, 6.45) is -1.33. The van der Waals surface area contributed by atoms with Crippen LogP contribution in [0.25, 0.3) is 0 Å². The number of carbonyl (C=O) groups excluding carboxylic acids is 3. The zero-order valence-corrected chi connectivity index (χ0v) is 16.4. The van der Waals surface area contributed by atoms with Crippen LogP contribution in [0, 0.1) is 0 Å². The molecule has 0 unspecified atom stereocenters. The summed E-state index contributed by atoms with van der Waals surface area (Å²) in [4.78, 5) is 35.1. The first kappa shape index (κ1) is 22.1. The first-order valence-electron chi connectivity index (χ1n) is 8.64.